The zero-order valence-corrected chi connectivity index (χ0v) is 14.9. The van der Waals surface area contributed by atoms with Gasteiger partial charge in [0, 0.05) is 25.9 Å². The molecule has 0 saturated carbocycles. The van der Waals surface area contributed by atoms with E-state index in [-0.39, 0.29) is 29.0 Å². The molecule has 0 spiro atoms. The highest BCUT2D eigenvalue weighted by atomic mass is 32.2. The molecule has 2 amide bonds. The topological polar surface area (TPSA) is 88.3 Å². The molecule has 0 aromatic carbocycles. The fourth-order valence-electron chi connectivity index (χ4n) is 2.43. The molecule has 1 aliphatic heterocycles. The molecule has 1 unspecified atom stereocenters. The van der Waals surface area contributed by atoms with E-state index < -0.39 is 0 Å². The minimum absolute atomic E-state index is 0.0549. The quantitative estimate of drug-likeness (QED) is 0.789. The Kier molecular flexibility index (Phi) is 5.67. The number of nitrogens with one attached hydrogen (secondary N) is 1. The van der Waals surface area contributed by atoms with Crippen LogP contribution < -0.4 is 5.32 Å². The van der Waals surface area contributed by atoms with E-state index in [0.717, 1.165) is 0 Å². The Morgan fingerprint density at radius 2 is 2.17 bits per heavy atom. The lowest BCUT2D eigenvalue weighted by atomic mass is 9.96. The number of carbonyl (C=O) groups is 2. The molecule has 1 aromatic heterocycles. The molecule has 0 bridgehead atoms. The summed E-state index contributed by atoms with van der Waals surface area (Å²) in [5.74, 6) is 0.742. The molecule has 1 aliphatic rings. The summed E-state index contributed by atoms with van der Waals surface area (Å²) >= 11 is 1.21. The zero-order valence-electron chi connectivity index (χ0n) is 14.1. The van der Waals surface area contributed by atoms with Gasteiger partial charge < -0.3 is 14.6 Å². The average molecular weight is 340 g/mol. The highest BCUT2D eigenvalue weighted by molar-refractivity contribution is 7.99. The summed E-state index contributed by atoms with van der Waals surface area (Å²) in [6.07, 6.45) is 1.04. The third kappa shape index (κ3) is 5.53. The highest BCUT2D eigenvalue weighted by Gasteiger charge is 2.32. The third-order valence-electron chi connectivity index (χ3n) is 3.32. The Labute approximate surface area is 140 Å². The van der Waals surface area contributed by atoms with Crippen molar-refractivity contribution in [1.29, 1.82) is 0 Å². The van der Waals surface area contributed by atoms with Gasteiger partial charge in [-0.1, -0.05) is 39.5 Å². The lowest BCUT2D eigenvalue weighted by Gasteiger charge is -2.26. The van der Waals surface area contributed by atoms with Crippen molar-refractivity contribution >= 4 is 23.6 Å². The molecule has 8 heteroatoms. The molecule has 1 N–H and O–H groups in total. The van der Waals surface area contributed by atoms with E-state index in [2.05, 4.69) is 36.3 Å². The summed E-state index contributed by atoms with van der Waals surface area (Å²) in [6.45, 7) is 9.49. The van der Waals surface area contributed by atoms with E-state index in [1.54, 1.807) is 0 Å². The lowest BCUT2D eigenvalue weighted by molar-refractivity contribution is -0.128. The fourth-order valence-corrected chi connectivity index (χ4v) is 3.02. The van der Waals surface area contributed by atoms with Gasteiger partial charge in [0.15, 0.2) is 0 Å². The van der Waals surface area contributed by atoms with Gasteiger partial charge in [0.1, 0.15) is 0 Å². The summed E-state index contributed by atoms with van der Waals surface area (Å²) in [6, 6.07) is -0.119. The molecule has 0 aliphatic carbocycles. The molecule has 2 heterocycles. The van der Waals surface area contributed by atoms with E-state index >= 15 is 0 Å². The van der Waals surface area contributed by atoms with Crippen LogP contribution in [0.2, 0.25) is 0 Å². The van der Waals surface area contributed by atoms with Crippen LogP contribution in [0.5, 0.6) is 0 Å². The van der Waals surface area contributed by atoms with Crippen molar-refractivity contribution in [2.45, 2.75) is 51.8 Å². The van der Waals surface area contributed by atoms with Crippen LogP contribution in [0.1, 0.15) is 40.0 Å². The second kappa shape index (κ2) is 7.33. The van der Waals surface area contributed by atoms with Crippen molar-refractivity contribution < 1.29 is 14.0 Å². The number of hydrogen-bond donors (Lipinski definition) is 1. The number of thioether (sulfide) groups is 1. The van der Waals surface area contributed by atoms with Gasteiger partial charge in [-0.05, 0) is 5.41 Å². The Balaban J connectivity index is 1.76. The largest absolute Gasteiger partial charge is 0.416 e. The number of nitrogens with zero attached hydrogens (tertiary/aromatic N) is 3. The van der Waals surface area contributed by atoms with Crippen molar-refractivity contribution in [3.8, 4) is 0 Å². The summed E-state index contributed by atoms with van der Waals surface area (Å²) in [4.78, 5) is 25.8. The van der Waals surface area contributed by atoms with Crippen LogP contribution in [-0.2, 0) is 16.0 Å². The lowest BCUT2D eigenvalue weighted by Crippen LogP contribution is -2.39. The van der Waals surface area contributed by atoms with Gasteiger partial charge in [-0.3, -0.25) is 9.59 Å². The van der Waals surface area contributed by atoms with Gasteiger partial charge in [0.05, 0.1) is 11.8 Å². The molecule has 0 radical (unpaired) electrons. The summed E-state index contributed by atoms with van der Waals surface area (Å²) in [5, 5.41) is 11.0. The maximum absolute atomic E-state index is 12.0. The number of rotatable bonds is 6. The minimum atomic E-state index is -0.123. The van der Waals surface area contributed by atoms with Gasteiger partial charge in [0.25, 0.3) is 5.22 Å². The maximum atomic E-state index is 12.0. The first-order valence-electron chi connectivity index (χ1n) is 7.79. The van der Waals surface area contributed by atoms with Crippen molar-refractivity contribution in [2.24, 2.45) is 5.41 Å². The Hall–Kier alpha value is -1.57. The van der Waals surface area contributed by atoms with Crippen LogP contribution in [0.15, 0.2) is 9.64 Å². The molecule has 1 aromatic rings. The van der Waals surface area contributed by atoms with Gasteiger partial charge >= 0.3 is 0 Å². The molecule has 1 fully saturated rings. The minimum Gasteiger partial charge on any atom is -0.416 e. The normalized spacial score (nSPS) is 18.5. The maximum Gasteiger partial charge on any atom is 0.277 e. The molecule has 7 nitrogen and oxygen atoms in total. The van der Waals surface area contributed by atoms with Crippen LogP contribution in [0.4, 0.5) is 0 Å². The predicted molar refractivity (Wildman–Crippen MR) is 87.0 cm³/mol. The van der Waals surface area contributed by atoms with Crippen molar-refractivity contribution in [3.63, 3.8) is 0 Å². The van der Waals surface area contributed by atoms with E-state index in [0.29, 0.717) is 37.0 Å². The van der Waals surface area contributed by atoms with Gasteiger partial charge in [-0.15, -0.1) is 10.2 Å². The summed E-state index contributed by atoms with van der Waals surface area (Å²) in [7, 11) is 0. The van der Waals surface area contributed by atoms with Gasteiger partial charge in [-0.25, -0.2) is 0 Å². The molecular formula is C15H24N4O3S. The predicted octanol–water partition coefficient (Wildman–Crippen LogP) is 1.49. The standard InChI is InChI=1S/C15H24N4O3S/c1-5-12-17-18-14(22-12)23-8-11(20)16-10-6-13(21)19(7-10)9-15(2,3)4/h10H,5-9H2,1-4H3,(H,16,20). The van der Waals surface area contributed by atoms with E-state index in [1.165, 1.54) is 11.8 Å². The molecule has 1 saturated heterocycles. The molecule has 1 atom stereocenters. The third-order valence-corrected chi connectivity index (χ3v) is 4.14. The molecular weight excluding hydrogens is 316 g/mol. The molecule has 128 valence electrons. The SMILES string of the molecule is CCc1nnc(SCC(=O)NC2CC(=O)N(CC(C)(C)C)C2)o1. The average Bonchev–Trinajstić information content (AvgIpc) is 3.02. The number of hydrogen-bond acceptors (Lipinski definition) is 6. The van der Waals surface area contributed by atoms with Crippen molar-refractivity contribution in [1.82, 2.24) is 20.4 Å². The Morgan fingerprint density at radius 1 is 1.43 bits per heavy atom. The molecule has 2 rings (SSSR count). The second-order valence-corrected chi connectivity index (χ2v) is 7.83. The highest BCUT2D eigenvalue weighted by Crippen LogP contribution is 2.21. The van der Waals surface area contributed by atoms with Gasteiger partial charge in [-0.2, -0.15) is 0 Å². The Bertz CT molecular complexity index is 567. The number of likely N-dealkylation sites (tertiary alicyclic amines) is 1. The summed E-state index contributed by atoms with van der Waals surface area (Å²) in [5.41, 5.74) is 0.0549. The summed E-state index contributed by atoms with van der Waals surface area (Å²) < 4.78 is 5.34. The van der Waals surface area contributed by atoms with Crippen LogP contribution in [0.3, 0.4) is 0 Å². The van der Waals surface area contributed by atoms with Crippen LogP contribution in [0.25, 0.3) is 0 Å². The van der Waals surface area contributed by atoms with Crippen molar-refractivity contribution in [3.05, 3.63) is 5.89 Å². The molecule has 23 heavy (non-hydrogen) atoms. The second-order valence-electron chi connectivity index (χ2n) is 6.91. The van der Waals surface area contributed by atoms with Crippen LogP contribution in [0, 0.1) is 5.41 Å². The number of carbonyl (C=O) groups excluding carboxylic acids is 2. The first-order valence-corrected chi connectivity index (χ1v) is 8.77. The first kappa shape index (κ1) is 17.8. The van der Waals surface area contributed by atoms with E-state index in [4.69, 9.17) is 4.42 Å². The van der Waals surface area contributed by atoms with Crippen molar-refractivity contribution in [2.75, 3.05) is 18.8 Å². The van der Waals surface area contributed by atoms with Gasteiger partial charge in [0.2, 0.25) is 17.7 Å². The Morgan fingerprint density at radius 3 is 2.78 bits per heavy atom. The first-order chi connectivity index (χ1) is 10.8. The van der Waals surface area contributed by atoms with Crippen LogP contribution in [-0.4, -0.2) is 51.8 Å². The monoisotopic (exact) mass is 340 g/mol. The fraction of sp³-hybridized carbons (Fsp3) is 0.733. The zero-order chi connectivity index (χ0) is 17.0. The number of aryl methyl sites for hydroxylation is 1. The van der Waals surface area contributed by atoms with E-state index in [9.17, 15) is 9.59 Å². The number of aromatic nitrogens is 2. The van der Waals surface area contributed by atoms with E-state index in [1.807, 2.05) is 11.8 Å². The van der Waals surface area contributed by atoms with Crippen LogP contribution >= 0.6 is 11.8 Å². The smallest absolute Gasteiger partial charge is 0.277 e. The number of amides is 2.